The lowest BCUT2D eigenvalue weighted by Gasteiger charge is -2.65. The first-order valence-corrected chi connectivity index (χ1v) is 12.6. The molecular weight excluding hydrogens is 472 g/mol. The molecule has 1 N–H and O–H groups in total. The number of alkyl halides is 1. The fourth-order valence-electron chi connectivity index (χ4n) is 8.21. The maximum Gasteiger partial charge on any atom is 0.306 e. The van der Waals surface area contributed by atoms with E-state index in [9.17, 15) is 19.5 Å². The molecule has 0 aromatic carbocycles. The number of fused-ring (bicyclic) bond motifs is 5. The molecule has 3 unspecified atom stereocenters. The summed E-state index contributed by atoms with van der Waals surface area (Å²) in [5.41, 5.74) is -1.37. The van der Waals surface area contributed by atoms with E-state index in [1.165, 1.54) is 6.92 Å². The zero-order valence-electron chi connectivity index (χ0n) is 19.9. The SMILES string of the molecule is CCC(=O)O[C@]1(C(C)=O)C(C)C[C@H]2[C@@H]3CC(C)C4=CC(=O)C=C[C@]4(C)[C@@]3(Br)C(O)C[C@@]21C. The fourth-order valence-corrected chi connectivity index (χ4v) is 9.24. The molecule has 176 valence electrons. The number of hydrogen-bond acceptors (Lipinski definition) is 5. The quantitative estimate of drug-likeness (QED) is 0.448. The third kappa shape index (κ3) is 2.68. The minimum Gasteiger partial charge on any atom is -0.450 e. The van der Waals surface area contributed by atoms with Gasteiger partial charge in [0.05, 0.1) is 10.4 Å². The number of allylic oxidation sites excluding steroid dienone is 4. The van der Waals surface area contributed by atoms with Crippen molar-refractivity contribution < 1.29 is 24.2 Å². The van der Waals surface area contributed by atoms with Gasteiger partial charge in [0.1, 0.15) is 0 Å². The van der Waals surface area contributed by atoms with Gasteiger partial charge in [-0.25, -0.2) is 0 Å². The van der Waals surface area contributed by atoms with Crippen molar-refractivity contribution in [1.82, 2.24) is 0 Å². The lowest BCUT2D eigenvalue weighted by atomic mass is 9.44. The van der Waals surface area contributed by atoms with E-state index < -0.39 is 26.9 Å². The summed E-state index contributed by atoms with van der Waals surface area (Å²) in [4.78, 5) is 37.9. The van der Waals surface area contributed by atoms with Crippen molar-refractivity contribution in [1.29, 1.82) is 0 Å². The van der Waals surface area contributed by atoms with Gasteiger partial charge in [-0.1, -0.05) is 62.2 Å². The maximum atomic E-state index is 13.2. The van der Waals surface area contributed by atoms with Gasteiger partial charge in [0.2, 0.25) is 0 Å². The lowest BCUT2D eigenvalue weighted by molar-refractivity contribution is -0.200. The van der Waals surface area contributed by atoms with E-state index in [2.05, 4.69) is 29.8 Å². The molecule has 5 nitrogen and oxygen atoms in total. The average molecular weight is 507 g/mol. The normalized spacial score (nSPS) is 49.6. The third-order valence-electron chi connectivity index (χ3n) is 9.60. The van der Waals surface area contributed by atoms with Gasteiger partial charge in [-0.05, 0) is 56.1 Å². The summed E-state index contributed by atoms with van der Waals surface area (Å²) in [5.74, 6) is -0.357. The second kappa shape index (κ2) is 7.36. The van der Waals surface area contributed by atoms with Gasteiger partial charge >= 0.3 is 5.97 Å². The Hall–Kier alpha value is -1.27. The van der Waals surface area contributed by atoms with Crippen LogP contribution in [0, 0.1) is 34.5 Å². The van der Waals surface area contributed by atoms with E-state index in [0.29, 0.717) is 6.42 Å². The first-order chi connectivity index (χ1) is 14.8. The summed E-state index contributed by atoms with van der Waals surface area (Å²) in [6.45, 7) is 11.6. The Morgan fingerprint density at radius 3 is 2.47 bits per heavy atom. The van der Waals surface area contributed by atoms with Gasteiger partial charge in [0.15, 0.2) is 17.2 Å². The number of carbonyl (C=O) groups excluding carboxylic acids is 3. The average Bonchev–Trinajstić information content (AvgIpc) is 2.93. The van der Waals surface area contributed by atoms with Crippen LogP contribution in [0.15, 0.2) is 23.8 Å². The first kappa shape index (κ1) is 23.9. The highest BCUT2D eigenvalue weighted by Gasteiger charge is 2.76. The highest BCUT2D eigenvalue weighted by Crippen LogP contribution is 2.73. The van der Waals surface area contributed by atoms with Crippen molar-refractivity contribution in [2.45, 2.75) is 83.3 Å². The monoisotopic (exact) mass is 506 g/mol. The zero-order chi connectivity index (χ0) is 23.9. The molecule has 3 fully saturated rings. The van der Waals surface area contributed by atoms with Crippen LogP contribution >= 0.6 is 15.9 Å². The summed E-state index contributed by atoms with van der Waals surface area (Å²) in [6, 6.07) is 0. The Morgan fingerprint density at radius 1 is 1.22 bits per heavy atom. The number of esters is 1. The summed E-state index contributed by atoms with van der Waals surface area (Å²) < 4.78 is 5.38. The maximum absolute atomic E-state index is 13.2. The Kier molecular flexibility index (Phi) is 5.49. The molecule has 0 spiro atoms. The predicted octanol–water partition coefficient (Wildman–Crippen LogP) is 4.56. The number of Topliss-reactive ketones (excluding diaryl/α,β-unsaturated/α-hetero) is 1. The van der Waals surface area contributed by atoms with Gasteiger partial charge < -0.3 is 9.84 Å². The van der Waals surface area contributed by atoms with Crippen LogP contribution in [-0.2, 0) is 19.1 Å². The van der Waals surface area contributed by atoms with Crippen LogP contribution in [0.2, 0.25) is 0 Å². The molecule has 4 aliphatic rings. The van der Waals surface area contributed by atoms with Crippen LogP contribution in [0.5, 0.6) is 0 Å². The van der Waals surface area contributed by atoms with Crippen molar-refractivity contribution in [2.75, 3.05) is 0 Å². The number of halogens is 1. The molecule has 6 heteroatoms. The van der Waals surface area contributed by atoms with Crippen molar-refractivity contribution in [3.8, 4) is 0 Å². The van der Waals surface area contributed by atoms with Crippen LogP contribution in [0.25, 0.3) is 0 Å². The second-order valence-electron chi connectivity index (χ2n) is 11.0. The molecular formula is C26H35BrO5. The second-order valence-corrected chi connectivity index (χ2v) is 12.4. The molecule has 32 heavy (non-hydrogen) atoms. The Bertz CT molecular complexity index is 939. The molecule has 0 bridgehead atoms. The molecule has 0 amide bonds. The van der Waals surface area contributed by atoms with E-state index >= 15 is 0 Å². The zero-order valence-corrected chi connectivity index (χ0v) is 21.5. The highest BCUT2D eigenvalue weighted by atomic mass is 79.9. The van der Waals surface area contributed by atoms with E-state index in [4.69, 9.17) is 4.74 Å². The summed E-state index contributed by atoms with van der Waals surface area (Å²) in [5, 5.41) is 11.8. The van der Waals surface area contributed by atoms with Crippen molar-refractivity contribution in [2.24, 2.45) is 34.5 Å². The van der Waals surface area contributed by atoms with Gasteiger partial charge in [0, 0.05) is 23.2 Å². The molecule has 4 rings (SSSR count). The van der Waals surface area contributed by atoms with Crippen molar-refractivity contribution in [3.05, 3.63) is 23.8 Å². The number of ether oxygens (including phenoxy) is 1. The molecule has 0 saturated heterocycles. The standard InChI is InChI=1S/C26H35BrO5/c1-7-22(31)32-26(16(4)28)15(3)11-19-20-10-14(2)18-12-17(29)8-9-23(18,5)25(20,27)21(30)13-24(19,26)6/h8-9,12,14-15,19-21,30H,7,10-11,13H2,1-6H3/t14?,15?,19-,20-,21?,23-,24-,25-,26-/m0/s1. The molecule has 3 saturated carbocycles. The highest BCUT2D eigenvalue weighted by molar-refractivity contribution is 9.10. The Morgan fingerprint density at radius 2 is 1.88 bits per heavy atom. The van der Waals surface area contributed by atoms with E-state index in [1.54, 1.807) is 19.1 Å². The van der Waals surface area contributed by atoms with E-state index in [-0.39, 0.29) is 47.6 Å². The molecule has 9 atom stereocenters. The molecule has 0 aromatic rings. The summed E-state index contributed by atoms with van der Waals surface area (Å²) in [7, 11) is 0. The lowest BCUT2D eigenvalue weighted by Crippen LogP contribution is -2.69. The molecule has 4 aliphatic carbocycles. The first-order valence-electron chi connectivity index (χ1n) is 11.8. The topological polar surface area (TPSA) is 80.7 Å². The fraction of sp³-hybridized carbons (Fsp3) is 0.731. The van der Waals surface area contributed by atoms with Crippen LogP contribution in [-0.4, -0.2) is 38.7 Å². The Balaban J connectivity index is 1.87. The van der Waals surface area contributed by atoms with Crippen LogP contribution in [0.1, 0.15) is 67.2 Å². The van der Waals surface area contributed by atoms with Gasteiger partial charge in [0.25, 0.3) is 0 Å². The van der Waals surface area contributed by atoms with E-state index in [1.807, 2.05) is 19.9 Å². The number of carbonyl (C=O) groups is 3. The molecule has 0 aliphatic heterocycles. The molecule has 0 heterocycles. The van der Waals surface area contributed by atoms with Gasteiger partial charge in [-0.2, -0.15) is 0 Å². The van der Waals surface area contributed by atoms with Gasteiger partial charge in [-0.15, -0.1) is 0 Å². The minimum absolute atomic E-state index is 0.00873. The number of ketones is 2. The van der Waals surface area contributed by atoms with Crippen LogP contribution in [0.3, 0.4) is 0 Å². The molecule has 0 radical (unpaired) electrons. The smallest absolute Gasteiger partial charge is 0.306 e. The van der Waals surface area contributed by atoms with Gasteiger partial charge in [-0.3, -0.25) is 14.4 Å². The van der Waals surface area contributed by atoms with Crippen molar-refractivity contribution in [3.63, 3.8) is 0 Å². The molecule has 0 aromatic heterocycles. The van der Waals surface area contributed by atoms with Crippen molar-refractivity contribution >= 4 is 33.5 Å². The Labute approximate surface area is 199 Å². The summed E-state index contributed by atoms with van der Waals surface area (Å²) in [6.07, 6.45) is 6.64. The third-order valence-corrected chi connectivity index (χ3v) is 11.5. The van der Waals surface area contributed by atoms with E-state index in [0.717, 1.165) is 18.4 Å². The summed E-state index contributed by atoms with van der Waals surface area (Å²) >= 11 is 4.06. The predicted molar refractivity (Wildman–Crippen MR) is 125 cm³/mol. The van der Waals surface area contributed by atoms with Crippen LogP contribution in [0.4, 0.5) is 0 Å². The number of hydrogen-bond donors (Lipinski definition) is 1. The largest absolute Gasteiger partial charge is 0.450 e. The van der Waals surface area contributed by atoms with Crippen LogP contribution < -0.4 is 0 Å². The number of aliphatic hydroxyl groups excluding tert-OH is 1. The number of rotatable bonds is 3. The number of aliphatic hydroxyl groups is 1. The minimum atomic E-state index is -1.24.